The normalized spacial score (nSPS) is 11.7. The number of aromatic nitrogens is 2. The lowest BCUT2D eigenvalue weighted by atomic mass is 10.1. The molecule has 0 aliphatic carbocycles. The first-order valence-corrected chi connectivity index (χ1v) is 8.13. The second-order valence-electron chi connectivity index (χ2n) is 5.16. The average Bonchev–Trinajstić information content (AvgIpc) is 2.65. The van der Waals surface area contributed by atoms with Crippen LogP contribution in [0.25, 0.3) is 11.0 Å². The Balaban J connectivity index is 2.08. The first kappa shape index (κ1) is 15.9. The third kappa shape index (κ3) is 3.79. The lowest BCUT2D eigenvalue weighted by Gasteiger charge is -2.08. The Bertz CT molecular complexity index is 650. The van der Waals surface area contributed by atoms with Gasteiger partial charge < -0.3 is 14.3 Å². The van der Waals surface area contributed by atoms with Gasteiger partial charge in [0.15, 0.2) is 4.77 Å². The zero-order valence-corrected chi connectivity index (χ0v) is 14.6. The molecule has 0 radical (unpaired) electrons. The zero-order chi connectivity index (χ0) is 14.7. The fraction of sp³-hybridized carbons (Fsp3) is 0.500. The highest BCUT2D eigenvalue weighted by molar-refractivity contribution is 14.1. The fourth-order valence-electron chi connectivity index (χ4n) is 1.95. The van der Waals surface area contributed by atoms with E-state index in [-0.39, 0.29) is 5.82 Å². The number of H-pyrrole nitrogens is 1. The summed E-state index contributed by atoms with van der Waals surface area (Å²) in [6, 6.07) is 3.30. The minimum absolute atomic E-state index is 0.221. The topological polar surface area (TPSA) is 29.9 Å². The van der Waals surface area contributed by atoms with Crippen LogP contribution in [0.5, 0.6) is 0 Å². The molecule has 0 saturated heterocycles. The summed E-state index contributed by atoms with van der Waals surface area (Å²) in [5, 5.41) is 0. The Hall–Kier alpha value is -0.470. The summed E-state index contributed by atoms with van der Waals surface area (Å²) in [4.78, 5) is 3.10. The van der Waals surface area contributed by atoms with Gasteiger partial charge in [0, 0.05) is 19.2 Å². The van der Waals surface area contributed by atoms with Crippen LogP contribution in [0.15, 0.2) is 12.1 Å². The number of imidazole rings is 1. The molecule has 0 amide bonds. The SMILES string of the molecule is CC(C)CCOCCn1c(=S)[nH]c2cc(I)c(F)cc21. The molecule has 1 aromatic heterocycles. The second kappa shape index (κ2) is 7.00. The number of halogens is 2. The number of rotatable bonds is 6. The molecule has 0 spiro atoms. The van der Waals surface area contributed by atoms with Crippen LogP contribution in [0.2, 0.25) is 0 Å². The molecule has 0 saturated carbocycles. The van der Waals surface area contributed by atoms with E-state index in [0.717, 1.165) is 24.1 Å². The van der Waals surface area contributed by atoms with Gasteiger partial charge in [0.05, 0.1) is 21.2 Å². The van der Waals surface area contributed by atoms with Gasteiger partial charge in [-0.3, -0.25) is 0 Å². The molecule has 1 aromatic carbocycles. The molecule has 1 N–H and O–H groups in total. The van der Waals surface area contributed by atoms with Gasteiger partial charge in [0.1, 0.15) is 5.82 Å². The molecule has 0 fully saturated rings. The lowest BCUT2D eigenvalue weighted by molar-refractivity contribution is 0.116. The van der Waals surface area contributed by atoms with Gasteiger partial charge in [-0.15, -0.1) is 0 Å². The van der Waals surface area contributed by atoms with E-state index < -0.39 is 0 Å². The van der Waals surface area contributed by atoms with E-state index in [1.54, 1.807) is 6.07 Å². The summed E-state index contributed by atoms with van der Waals surface area (Å²) in [7, 11) is 0. The molecule has 2 aromatic rings. The molecule has 110 valence electrons. The van der Waals surface area contributed by atoms with E-state index in [1.807, 2.05) is 27.2 Å². The van der Waals surface area contributed by atoms with Crippen molar-refractivity contribution in [3.05, 3.63) is 26.3 Å². The molecule has 0 aliphatic heterocycles. The zero-order valence-electron chi connectivity index (χ0n) is 11.6. The number of hydrogen-bond acceptors (Lipinski definition) is 2. The van der Waals surface area contributed by atoms with Gasteiger partial charge in [-0.05, 0) is 53.2 Å². The number of benzene rings is 1. The molecule has 20 heavy (non-hydrogen) atoms. The van der Waals surface area contributed by atoms with Gasteiger partial charge >= 0.3 is 0 Å². The Labute approximate surface area is 136 Å². The van der Waals surface area contributed by atoms with Crippen LogP contribution in [0.1, 0.15) is 20.3 Å². The maximum Gasteiger partial charge on any atom is 0.178 e. The van der Waals surface area contributed by atoms with Gasteiger partial charge in [0.2, 0.25) is 0 Å². The van der Waals surface area contributed by atoms with Crippen molar-refractivity contribution in [1.82, 2.24) is 9.55 Å². The van der Waals surface area contributed by atoms with E-state index in [4.69, 9.17) is 17.0 Å². The summed E-state index contributed by atoms with van der Waals surface area (Å²) < 4.78 is 22.4. The largest absolute Gasteiger partial charge is 0.380 e. The number of nitrogens with zero attached hydrogens (tertiary/aromatic N) is 1. The van der Waals surface area contributed by atoms with Crippen molar-refractivity contribution in [3.8, 4) is 0 Å². The minimum atomic E-state index is -0.221. The first-order valence-electron chi connectivity index (χ1n) is 6.64. The molecular formula is C14H18FIN2OS. The number of aromatic amines is 1. The summed E-state index contributed by atoms with van der Waals surface area (Å²) in [6.07, 6.45) is 1.05. The predicted molar refractivity (Wildman–Crippen MR) is 90.1 cm³/mol. The van der Waals surface area contributed by atoms with Crippen molar-refractivity contribution in [3.63, 3.8) is 0 Å². The quantitative estimate of drug-likeness (QED) is 0.433. The molecule has 2 rings (SSSR count). The highest BCUT2D eigenvalue weighted by Gasteiger charge is 2.08. The average molecular weight is 408 g/mol. The van der Waals surface area contributed by atoms with Gasteiger partial charge in [-0.1, -0.05) is 13.8 Å². The molecule has 6 heteroatoms. The second-order valence-corrected chi connectivity index (χ2v) is 6.71. The van der Waals surface area contributed by atoms with Crippen molar-refractivity contribution in [2.45, 2.75) is 26.8 Å². The van der Waals surface area contributed by atoms with E-state index in [0.29, 0.717) is 27.4 Å². The number of nitrogens with one attached hydrogen (secondary N) is 1. The van der Waals surface area contributed by atoms with Crippen molar-refractivity contribution in [1.29, 1.82) is 0 Å². The van der Waals surface area contributed by atoms with Gasteiger partial charge in [-0.2, -0.15) is 0 Å². The molecule has 0 atom stereocenters. The number of ether oxygens (including phenoxy) is 1. The van der Waals surface area contributed by atoms with Crippen molar-refractivity contribution < 1.29 is 9.13 Å². The van der Waals surface area contributed by atoms with Crippen LogP contribution < -0.4 is 0 Å². The standard InChI is InChI=1S/C14H18FIN2OS/c1-9(2)3-5-19-6-4-18-13-7-10(15)11(16)8-12(13)17-14(18)20/h7-9H,3-6H2,1-2H3,(H,17,20). The fourth-order valence-corrected chi connectivity index (χ4v) is 2.72. The summed E-state index contributed by atoms with van der Waals surface area (Å²) in [6.45, 7) is 6.31. The van der Waals surface area contributed by atoms with E-state index in [1.165, 1.54) is 6.07 Å². The molecular weight excluding hydrogens is 390 g/mol. The molecule has 1 heterocycles. The van der Waals surface area contributed by atoms with Crippen LogP contribution in [-0.2, 0) is 11.3 Å². The monoisotopic (exact) mass is 408 g/mol. The third-order valence-electron chi connectivity index (χ3n) is 3.11. The summed E-state index contributed by atoms with van der Waals surface area (Å²) in [5.41, 5.74) is 1.66. The van der Waals surface area contributed by atoms with Crippen LogP contribution in [-0.4, -0.2) is 22.8 Å². The molecule has 0 unspecified atom stereocenters. The first-order chi connectivity index (χ1) is 9.49. The van der Waals surface area contributed by atoms with Crippen molar-refractivity contribution in [2.24, 2.45) is 5.92 Å². The number of hydrogen-bond donors (Lipinski definition) is 1. The highest BCUT2D eigenvalue weighted by atomic mass is 127. The molecule has 0 aliphatic rings. The van der Waals surface area contributed by atoms with Crippen LogP contribution >= 0.6 is 34.8 Å². The van der Waals surface area contributed by atoms with Gasteiger partial charge in [-0.25, -0.2) is 4.39 Å². The van der Waals surface area contributed by atoms with Crippen LogP contribution in [0, 0.1) is 20.1 Å². The third-order valence-corrected chi connectivity index (χ3v) is 4.26. The van der Waals surface area contributed by atoms with E-state index in [2.05, 4.69) is 18.8 Å². The smallest absolute Gasteiger partial charge is 0.178 e. The Kier molecular flexibility index (Phi) is 5.57. The Morgan fingerprint density at radius 2 is 2.15 bits per heavy atom. The van der Waals surface area contributed by atoms with E-state index >= 15 is 0 Å². The molecule has 0 bridgehead atoms. The van der Waals surface area contributed by atoms with Crippen molar-refractivity contribution in [2.75, 3.05) is 13.2 Å². The Morgan fingerprint density at radius 1 is 1.40 bits per heavy atom. The molecule has 3 nitrogen and oxygen atoms in total. The minimum Gasteiger partial charge on any atom is -0.380 e. The van der Waals surface area contributed by atoms with Crippen LogP contribution in [0.4, 0.5) is 4.39 Å². The Morgan fingerprint density at radius 3 is 2.85 bits per heavy atom. The lowest BCUT2D eigenvalue weighted by Crippen LogP contribution is -2.08. The van der Waals surface area contributed by atoms with E-state index in [9.17, 15) is 4.39 Å². The van der Waals surface area contributed by atoms with Crippen molar-refractivity contribution >= 4 is 45.8 Å². The number of fused-ring (bicyclic) bond motifs is 1. The van der Waals surface area contributed by atoms with Gasteiger partial charge in [0.25, 0.3) is 0 Å². The maximum absolute atomic E-state index is 13.7. The highest BCUT2D eigenvalue weighted by Crippen LogP contribution is 2.20. The summed E-state index contributed by atoms with van der Waals surface area (Å²) >= 11 is 7.26. The summed E-state index contributed by atoms with van der Waals surface area (Å²) in [5.74, 6) is 0.419. The predicted octanol–water partition coefficient (Wildman–Crippen LogP) is 4.51. The van der Waals surface area contributed by atoms with Crippen LogP contribution in [0.3, 0.4) is 0 Å². The maximum atomic E-state index is 13.7.